The number of hydrogen-bond acceptors (Lipinski definition) is 5. The van der Waals surface area contributed by atoms with Crippen molar-refractivity contribution in [2.75, 3.05) is 6.54 Å². The third-order valence-corrected chi connectivity index (χ3v) is 3.28. The minimum Gasteiger partial charge on any atom is -0.350 e. The Kier molecular flexibility index (Phi) is 3.26. The van der Waals surface area contributed by atoms with Gasteiger partial charge in [-0.3, -0.25) is 9.89 Å². The zero-order valence-corrected chi connectivity index (χ0v) is 10.5. The molecular weight excluding hydrogens is 246 g/mol. The van der Waals surface area contributed by atoms with Gasteiger partial charge in [0.1, 0.15) is 12.2 Å². The molecule has 1 aliphatic rings. The lowest BCUT2D eigenvalue weighted by molar-refractivity contribution is 0.0916. The van der Waals surface area contributed by atoms with E-state index < -0.39 is 0 Å². The normalized spacial score (nSPS) is 14.1. The highest BCUT2D eigenvalue weighted by Gasteiger charge is 2.23. The van der Waals surface area contributed by atoms with Gasteiger partial charge >= 0.3 is 0 Å². The predicted molar refractivity (Wildman–Crippen MR) is 65.6 cm³/mol. The lowest BCUT2D eigenvalue weighted by Gasteiger charge is -2.09. The fourth-order valence-corrected chi connectivity index (χ4v) is 2.30. The molecule has 2 N–H and O–H groups in total. The van der Waals surface area contributed by atoms with Crippen LogP contribution in [0.2, 0.25) is 0 Å². The highest BCUT2D eigenvalue weighted by Crippen LogP contribution is 2.23. The third kappa shape index (κ3) is 2.49. The van der Waals surface area contributed by atoms with Crippen LogP contribution in [0.25, 0.3) is 0 Å². The molecule has 2 heterocycles. The molecule has 2 aromatic heterocycles. The number of aryl methyl sites for hydroxylation is 1. The molecule has 1 amide bonds. The molecule has 0 unspecified atom stereocenters. The van der Waals surface area contributed by atoms with E-state index in [4.69, 9.17) is 4.52 Å². The summed E-state index contributed by atoms with van der Waals surface area (Å²) in [6, 6.07) is 0. The summed E-state index contributed by atoms with van der Waals surface area (Å²) >= 11 is 0. The molecule has 0 atom stereocenters. The van der Waals surface area contributed by atoms with Crippen LogP contribution in [-0.4, -0.2) is 32.8 Å². The Morgan fingerprint density at radius 1 is 1.42 bits per heavy atom. The SMILES string of the molecule is O=C(NCCc1ncn[nH]1)c1onc2c1CCCC2. The number of hydrogen-bond donors (Lipinski definition) is 2. The highest BCUT2D eigenvalue weighted by molar-refractivity contribution is 5.93. The van der Waals surface area contributed by atoms with E-state index in [1.807, 2.05) is 0 Å². The summed E-state index contributed by atoms with van der Waals surface area (Å²) < 4.78 is 5.17. The standard InChI is InChI=1S/C12H15N5O2/c18-12(13-6-5-10-14-7-15-16-10)11-8-3-1-2-4-9(8)17-19-11/h7H,1-6H2,(H,13,18)(H,14,15,16). The van der Waals surface area contributed by atoms with Crippen LogP contribution in [0.3, 0.4) is 0 Å². The van der Waals surface area contributed by atoms with E-state index in [9.17, 15) is 4.79 Å². The molecule has 7 heteroatoms. The number of H-pyrrole nitrogens is 1. The molecule has 19 heavy (non-hydrogen) atoms. The maximum absolute atomic E-state index is 12.0. The van der Waals surface area contributed by atoms with Gasteiger partial charge in [-0.2, -0.15) is 5.10 Å². The first kappa shape index (κ1) is 11.9. The Labute approximate surface area is 109 Å². The summed E-state index contributed by atoms with van der Waals surface area (Å²) in [7, 11) is 0. The van der Waals surface area contributed by atoms with Crippen molar-refractivity contribution >= 4 is 5.91 Å². The van der Waals surface area contributed by atoms with Crippen molar-refractivity contribution in [3.05, 3.63) is 29.2 Å². The van der Waals surface area contributed by atoms with Crippen molar-refractivity contribution in [1.82, 2.24) is 25.7 Å². The number of aromatic nitrogens is 4. The second-order valence-corrected chi connectivity index (χ2v) is 4.58. The summed E-state index contributed by atoms with van der Waals surface area (Å²) in [5.41, 5.74) is 1.91. The average Bonchev–Trinajstić information content (AvgIpc) is 3.07. The van der Waals surface area contributed by atoms with Crippen LogP contribution in [0.4, 0.5) is 0 Å². The highest BCUT2D eigenvalue weighted by atomic mass is 16.5. The fourth-order valence-electron chi connectivity index (χ4n) is 2.30. The van der Waals surface area contributed by atoms with Crippen LogP contribution in [0.5, 0.6) is 0 Å². The molecule has 7 nitrogen and oxygen atoms in total. The first-order valence-corrected chi connectivity index (χ1v) is 6.44. The number of fused-ring (bicyclic) bond motifs is 1. The van der Waals surface area contributed by atoms with E-state index in [2.05, 4.69) is 25.7 Å². The summed E-state index contributed by atoms with van der Waals surface area (Å²) in [6.45, 7) is 0.490. The molecule has 0 bridgehead atoms. The van der Waals surface area contributed by atoms with Crippen molar-refractivity contribution < 1.29 is 9.32 Å². The van der Waals surface area contributed by atoms with Gasteiger partial charge < -0.3 is 9.84 Å². The van der Waals surface area contributed by atoms with Crippen LogP contribution in [0.15, 0.2) is 10.9 Å². The molecule has 2 aromatic rings. The molecular formula is C12H15N5O2. The van der Waals surface area contributed by atoms with E-state index in [1.165, 1.54) is 6.33 Å². The first-order chi connectivity index (χ1) is 9.34. The molecule has 0 saturated heterocycles. The van der Waals surface area contributed by atoms with Crippen molar-refractivity contribution in [2.45, 2.75) is 32.1 Å². The molecule has 0 aliphatic heterocycles. The zero-order valence-electron chi connectivity index (χ0n) is 10.5. The maximum Gasteiger partial charge on any atom is 0.290 e. The largest absolute Gasteiger partial charge is 0.350 e. The Morgan fingerprint density at radius 3 is 3.16 bits per heavy atom. The Morgan fingerprint density at radius 2 is 2.32 bits per heavy atom. The summed E-state index contributed by atoms with van der Waals surface area (Å²) in [6.07, 6.45) is 6.05. The van der Waals surface area contributed by atoms with E-state index in [-0.39, 0.29) is 5.91 Å². The van der Waals surface area contributed by atoms with Crippen LogP contribution in [0, 0.1) is 0 Å². The number of rotatable bonds is 4. The summed E-state index contributed by atoms with van der Waals surface area (Å²) in [4.78, 5) is 16.0. The number of nitrogens with one attached hydrogen (secondary N) is 2. The molecule has 1 aliphatic carbocycles. The topological polar surface area (TPSA) is 96.7 Å². The van der Waals surface area contributed by atoms with E-state index >= 15 is 0 Å². The van der Waals surface area contributed by atoms with E-state index in [0.29, 0.717) is 18.7 Å². The first-order valence-electron chi connectivity index (χ1n) is 6.44. The van der Waals surface area contributed by atoms with Gasteiger partial charge in [-0.15, -0.1) is 0 Å². The second-order valence-electron chi connectivity index (χ2n) is 4.58. The summed E-state index contributed by atoms with van der Waals surface area (Å²) in [5.74, 6) is 0.919. The van der Waals surface area contributed by atoms with Crippen molar-refractivity contribution in [1.29, 1.82) is 0 Å². The molecule has 100 valence electrons. The minimum atomic E-state index is -0.199. The molecule has 3 rings (SSSR count). The van der Waals surface area contributed by atoms with Crippen molar-refractivity contribution in [3.8, 4) is 0 Å². The molecule has 0 spiro atoms. The van der Waals surface area contributed by atoms with Crippen molar-refractivity contribution in [2.24, 2.45) is 0 Å². The quantitative estimate of drug-likeness (QED) is 0.842. The van der Waals surface area contributed by atoms with Gasteiger partial charge in [0.05, 0.1) is 5.69 Å². The van der Waals surface area contributed by atoms with Crippen LogP contribution in [-0.2, 0) is 19.3 Å². The van der Waals surface area contributed by atoms with Crippen LogP contribution in [0.1, 0.15) is 40.5 Å². The fraction of sp³-hybridized carbons (Fsp3) is 0.500. The summed E-state index contributed by atoms with van der Waals surface area (Å²) in [5, 5.41) is 13.3. The van der Waals surface area contributed by atoms with Gasteiger partial charge in [0.15, 0.2) is 0 Å². The average molecular weight is 261 g/mol. The van der Waals surface area contributed by atoms with E-state index in [1.54, 1.807) is 0 Å². The van der Waals surface area contributed by atoms with Gasteiger partial charge in [-0.05, 0) is 25.7 Å². The van der Waals surface area contributed by atoms with Gasteiger partial charge in [-0.1, -0.05) is 5.16 Å². The number of amides is 1. The number of nitrogens with zero attached hydrogens (tertiary/aromatic N) is 3. The van der Waals surface area contributed by atoms with Gasteiger partial charge in [0, 0.05) is 18.5 Å². The second kappa shape index (κ2) is 5.21. The Hall–Kier alpha value is -2.18. The Balaban J connectivity index is 1.59. The lowest BCUT2D eigenvalue weighted by atomic mass is 9.96. The van der Waals surface area contributed by atoms with Gasteiger partial charge in [0.2, 0.25) is 5.76 Å². The van der Waals surface area contributed by atoms with Crippen LogP contribution >= 0.6 is 0 Å². The molecule has 0 saturated carbocycles. The van der Waals surface area contributed by atoms with E-state index in [0.717, 1.165) is 42.8 Å². The maximum atomic E-state index is 12.0. The molecule has 0 fully saturated rings. The minimum absolute atomic E-state index is 0.199. The van der Waals surface area contributed by atoms with Crippen LogP contribution < -0.4 is 5.32 Å². The third-order valence-electron chi connectivity index (χ3n) is 3.28. The molecule has 0 radical (unpaired) electrons. The number of carbonyl (C=O) groups is 1. The monoisotopic (exact) mass is 261 g/mol. The number of aromatic amines is 1. The predicted octanol–water partition coefficient (Wildman–Crippen LogP) is 0.644. The van der Waals surface area contributed by atoms with Gasteiger partial charge in [0.25, 0.3) is 5.91 Å². The lowest BCUT2D eigenvalue weighted by Crippen LogP contribution is -2.26. The molecule has 0 aromatic carbocycles. The Bertz CT molecular complexity index is 561. The van der Waals surface area contributed by atoms with Crippen molar-refractivity contribution in [3.63, 3.8) is 0 Å². The van der Waals surface area contributed by atoms with Gasteiger partial charge in [-0.25, -0.2) is 4.98 Å². The zero-order chi connectivity index (χ0) is 13.1. The smallest absolute Gasteiger partial charge is 0.290 e. The number of carbonyl (C=O) groups excluding carboxylic acids is 1.